The van der Waals surface area contributed by atoms with Crippen molar-refractivity contribution >= 4 is 28.4 Å². The molecule has 0 aliphatic carbocycles. The Hall–Kier alpha value is -2.66. The summed E-state index contributed by atoms with van der Waals surface area (Å²) in [4.78, 5) is 30.3. The maximum Gasteiger partial charge on any atom is 0.271 e. The van der Waals surface area contributed by atoms with E-state index in [1.165, 1.54) is 5.56 Å². The normalized spacial score (nSPS) is 13.6. The molecule has 1 aromatic carbocycles. The zero-order valence-corrected chi connectivity index (χ0v) is 19.6. The monoisotopic (exact) mass is 437 g/mol. The molecule has 31 heavy (non-hydrogen) atoms. The summed E-state index contributed by atoms with van der Waals surface area (Å²) in [6.07, 6.45) is 2.42. The summed E-state index contributed by atoms with van der Waals surface area (Å²) >= 11 is 6.65. The van der Waals surface area contributed by atoms with Gasteiger partial charge in [-0.1, -0.05) is 38.4 Å². The molecule has 0 radical (unpaired) electrons. The first-order chi connectivity index (χ1) is 14.4. The summed E-state index contributed by atoms with van der Waals surface area (Å²) < 4.78 is 2.10. The van der Waals surface area contributed by atoms with Crippen LogP contribution in [0.1, 0.15) is 63.2 Å². The number of nitrogens with zero attached hydrogens (tertiary/aromatic N) is 2. The molecular formula is C25H28ClN3O2. The minimum atomic E-state index is -0.425. The van der Waals surface area contributed by atoms with Crippen LogP contribution in [0.4, 0.5) is 0 Å². The molecule has 2 aromatic heterocycles. The van der Waals surface area contributed by atoms with Gasteiger partial charge in [-0.05, 0) is 55.9 Å². The highest BCUT2D eigenvalue weighted by Crippen LogP contribution is 2.38. The first kappa shape index (κ1) is 21.6. The molecule has 0 fully saturated rings. The van der Waals surface area contributed by atoms with E-state index in [1.807, 2.05) is 32.9 Å². The number of fused-ring (bicyclic) bond motifs is 5. The zero-order valence-electron chi connectivity index (χ0n) is 18.9. The number of halogens is 1. The number of aryl methyl sites for hydroxylation is 2. The first-order valence-electron chi connectivity index (χ1n) is 10.6. The number of rotatable bonds is 1. The minimum absolute atomic E-state index is 0.0619. The third-order valence-corrected chi connectivity index (χ3v) is 5.92. The number of carbonyl (C=O) groups is 1. The van der Waals surface area contributed by atoms with Gasteiger partial charge in [0, 0.05) is 34.9 Å². The summed E-state index contributed by atoms with van der Waals surface area (Å²) in [5, 5.41) is 3.97. The average Bonchev–Trinajstić information content (AvgIpc) is 2.65. The van der Waals surface area contributed by atoms with Gasteiger partial charge in [-0.15, -0.1) is 0 Å². The van der Waals surface area contributed by atoms with Crippen molar-refractivity contribution < 1.29 is 4.79 Å². The standard InChI is InChI=1S/C25H28ClN3O2/c1-24(2,3)16-11-14-8-10-29-18-7-9-27-22(23(31)28-25(4,5)6)21(18)20(30)13-19(29)15(14)12-17(16)26/h7,9,11-13H,8,10H2,1-6H3,(H,28,31). The Kier molecular flexibility index (Phi) is 5.01. The third-order valence-electron chi connectivity index (χ3n) is 5.61. The Morgan fingerprint density at radius 2 is 1.84 bits per heavy atom. The van der Waals surface area contributed by atoms with E-state index >= 15 is 0 Å². The molecule has 0 bridgehead atoms. The molecule has 0 saturated heterocycles. The number of amides is 1. The zero-order chi connectivity index (χ0) is 22.7. The summed E-state index contributed by atoms with van der Waals surface area (Å²) in [5.74, 6) is -0.343. The summed E-state index contributed by atoms with van der Waals surface area (Å²) in [6, 6.07) is 7.57. The van der Waals surface area contributed by atoms with E-state index in [2.05, 4.69) is 41.7 Å². The van der Waals surface area contributed by atoms with E-state index in [4.69, 9.17) is 11.6 Å². The Morgan fingerprint density at radius 3 is 2.48 bits per heavy atom. The average molecular weight is 438 g/mol. The second-order valence-electron chi connectivity index (χ2n) is 10.3. The lowest BCUT2D eigenvalue weighted by molar-refractivity contribution is 0.0916. The fourth-order valence-corrected chi connectivity index (χ4v) is 4.68. The second-order valence-corrected chi connectivity index (χ2v) is 10.7. The number of hydrogen-bond donors (Lipinski definition) is 1. The topological polar surface area (TPSA) is 64.0 Å². The van der Waals surface area contributed by atoms with E-state index in [-0.39, 0.29) is 22.4 Å². The molecular weight excluding hydrogens is 410 g/mol. The smallest absolute Gasteiger partial charge is 0.271 e. The van der Waals surface area contributed by atoms with Crippen LogP contribution in [-0.2, 0) is 18.4 Å². The summed E-state index contributed by atoms with van der Waals surface area (Å²) in [6.45, 7) is 12.9. The van der Waals surface area contributed by atoms with Gasteiger partial charge in [0.1, 0.15) is 5.69 Å². The fourth-order valence-electron chi connectivity index (χ4n) is 4.23. The van der Waals surface area contributed by atoms with Crippen LogP contribution < -0.4 is 10.7 Å². The SMILES string of the molecule is CC(C)(C)NC(=O)c1nccc2c1c(=O)cc1n2CCc2cc(C(C)(C)C)c(Cl)cc2-1. The van der Waals surface area contributed by atoms with E-state index < -0.39 is 5.54 Å². The number of carbonyl (C=O) groups excluding carboxylic acids is 1. The van der Waals surface area contributed by atoms with Crippen molar-refractivity contribution in [3.8, 4) is 11.3 Å². The molecule has 4 rings (SSSR count). The molecule has 0 spiro atoms. The van der Waals surface area contributed by atoms with Crippen molar-refractivity contribution in [2.45, 2.75) is 65.5 Å². The van der Waals surface area contributed by atoms with Crippen molar-refractivity contribution in [3.05, 3.63) is 62.5 Å². The lowest BCUT2D eigenvalue weighted by Crippen LogP contribution is -2.41. The van der Waals surface area contributed by atoms with Crippen LogP contribution in [0.3, 0.4) is 0 Å². The van der Waals surface area contributed by atoms with E-state index in [1.54, 1.807) is 12.3 Å². The Balaban J connectivity index is 1.93. The van der Waals surface area contributed by atoms with Crippen LogP contribution >= 0.6 is 11.6 Å². The van der Waals surface area contributed by atoms with Crippen LogP contribution in [-0.4, -0.2) is 21.0 Å². The van der Waals surface area contributed by atoms with E-state index in [0.29, 0.717) is 17.0 Å². The highest BCUT2D eigenvalue weighted by atomic mass is 35.5. The molecule has 3 aromatic rings. The highest BCUT2D eigenvalue weighted by Gasteiger charge is 2.26. The van der Waals surface area contributed by atoms with Crippen LogP contribution in [0.25, 0.3) is 22.2 Å². The van der Waals surface area contributed by atoms with Gasteiger partial charge in [-0.25, -0.2) is 0 Å². The molecule has 5 nitrogen and oxygen atoms in total. The molecule has 1 aliphatic heterocycles. The highest BCUT2D eigenvalue weighted by molar-refractivity contribution is 6.31. The van der Waals surface area contributed by atoms with Gasteiger partial charge >= 0.3 is 0 Å². The van der Waals surface area contributed by atoms with Gasteiger partial charge in [0.05, 0.1) is 16.6 Å². The van der Waals surface area contributed by atoms with Crippen molar-refractivity contribution in [1.82, 2.24) is 14.9 Å². The first-order valence-corrected chi connectivity index (χ1v) is 10.9. The largest absolute Gasteiger partial charge is 0.346 e. The lowest BCUT2D eigenvalue weighted by atomic mass is 9.83. The second kappa shape index (κ2) is 7.20. The molecule has 162 valence electrons. The molecule has 1 amide bonds. The predicted molar refractivity (Wildman–Crippen MR) is 126 cm³/mol. The Morgan fingerprint density at radius 1 is 1.13 bits per heavy atom. The van der Waals surface area contributed by atoms with E-state index in [0.717, 1.165) is 28.8 Å². The van der Waals surface area contributed by atoms with Crippen molar-refractivity contribution in [2.75, 3.05) is 0 Å². The van der Waals surface area contributed by atoms with Gasteiger partial charge in [0.2, 0.25) is 0 Å². The van der Waals surface area contributed by atoms with Gasteiger partial charge in [-0.2, -0.15) is 0 Å². The number of aromatic nitrogens is 2. The molecule has 0 unspecified atom stereocenters. The van der Waals surface area contributed by atoms with Gasteiger partial charge in [0.25, 0.3) is 5.91 Å². The quantitative estimate of drug-likeness (QED) is 0.576. The molecule has 6 heteroatoms. The number of pyridine rings is 2. The third kappa shape index (κ3) is 3.87. The van der Waals surface area contributed by atoms with E-state index in [9.17, 15) is 9.59 Å². The van der Waals surface area contributed by atoms with Crippen LogP contribution in [0, 0.1) is 0 Å². The van der Waals surface area contributed by atoms with Gasteiger partial charge < -0.3 is 9.88 Å². The van der Waals surface area contributed by atoms with Gasteiger partial charge in [0.15, 0.2) is 5.43 Å². The fraction of sp³-hybridized carbons (Fsp3) is 0.400. The molecule has 0 saturated carbocycles. The van der Waals surface area contributed by atoms with Crippen molar-refractivity contribution in [1.29, 1.82) is 0 Å². The maximum atomic E-state index is 13.2. The van der Waals surface area contributed by atoms with Crippen molar-refractivity contribution in [2.24, 2.45) is 0 Å². The molecule has 3 heterocycles. The predicted octanol–water partition coefficient (Wildman–Crippen LogP) is 5.10. The van der Waals surface area contributed by atoms with Crippen LogP contribution in [0.15, 0.2) is 35.3 Å². The van der Waals surface area contributed by atoms with Crippen molar-refractivity contribution in [3.63, 3.8) is 0 Å². The number of benzene rings is 1. The maximum absolute atomic E-state index is 13.2. The minimum Gasteiger partial charge on any atom is -0.346 e. The van der Waals surface area contributed by atoms with Crippen LogP contribution in [0.5, 0.6) is 0 Å². The van der Waals surface area contributed by atoms with Crippen LogP contribution in [0.2, 0.25) is 5.02 Å². The number of nitrogens with one attached hydrogen (secondary N) is 1. The molecule has 0 atom stereocenters. The Labute approximate surface area is 187 Å². The number of hydrogen-bond acceptors (Lipinski definition) is 3. The molecule has 1 aliphatic rings. The Bertz CT molecular complexity index is 1280. The molecule has 1 N–H and O–H groups in total. The summed E-state index contributed by atoms with van der Waals surface area (Å²) in [5.41, 5.74) is 4.28. The van der Waals surface area contributed by atoms with Gasteiger partial charge in [-0.3, -0.25) is 14.6 Å². The summed E-state index contributed by atoms with van der Waals surface area (Å²) in [7, 11) is 0. The lowest BCUT2D eigenvalue weighted by Gasteiger charge is -2.28.